The average molecular weight is 92.1 g/mol. The van der Waals surface area contributed by atoms with Gasteiger partial charge in [0.2, 0.25) is 0 Å². The second-order valence-electron chi connectivity index (χ2n) is 1.07. The third-order valence-electron chi connectivity index (χ3n) is 0.611. The van der Waals surface area contributed by atoms with Crippen LogP contribution < -0.4 is 0 Å². The quantitative estimate of drug-likeness (QED) is 0.393. The first-order valence-electron chi connectivity index (χ1n) is 1.81. The fourth-order valence-electron chi connectivity index (χ4n) is 0.313. The zero-order valence-corrected chi connectivity index (χ0v) is 3.51. The molecule has 0 N–H and O–H groups in total. The van der Waals surface area contributed by atoms with Crippen molar-refractivity contribution < 1.29 is 4.79 Å². The van der Waals surface area contributed by atoms with Crippen molar-refractivity contribution in [3.05, 3.63) is 17.8 Å². The number of allylic oxidation sites excluding steroid dienone is 2. The molecule has 1 heterocycles. The molecule has 0 atom stereocenters. The van der Waals surface area contributed by atoms with Crippen LogP contribution in [0.2, 0.25) is 0 Å². The van der Waals surface area contributed by atoms with Gasteiger partial charge in [0.05, 0.1) is 5.57 Å². The van der Waals surface area contributed by atoms with E-state index in [-0.39, 0.29) is 0 Å². The molecule has 1 rings (SSSR count). The Morgan fingerprint density at radius 2 is 2.71 bits per heavy atom. The van der Waals surface area contributed by atoms with Crippen molar-refractivity contribution in [3.8, 4) is 0 Å². The van der Waals surface area contributed by atoms with E-state index in [2.05, 4.69) is 11.2 Å². The van der Waals surface area contributed by atoms with Gasteiger partial charge in [0.15, 0.2) is 0 Å². The number of hydrogen-bond acceptors (Lipinski definition) is 2. The number of rotatable bonds is 0. The molecule has 0 saturated carbocycles. The molecule has 0 fully saturated rings. The van der Waals surface area contributed by atoms with Crippen molar-refractivity contribution in [1.82, 2.24) is 0 Å². The van der Waals surface area contributed by atoms with Gasteiger partial charge in [0.25, 0.3) is 0 Å². The van der Waals surface area contributed by atoms with Gasteiger partial charge in [-0.1, -0.05) is 0 Å². The highest BCUT2D eigenvalue weighted by Gasteiger charge is 1.90. The molecule has 2 heteroatoms. The standard InChI is InChI=1S/C5H2NO/c7-4-5-1-2-6-3-5/h1-2H. The normalized spacial score (nSPS) is 15.1. The Labute approximate surface area is 40.9 Å². The van der Waals surface area contributed by atoms with Gasteiger partial charge in [-0.25, -0.2) is 4.79 Å². The lowest BCUT2D eigenvalue weighted by Crippen LogP contribution is -1.70. The molecular formula is C5H2NO. The van der Waals surface area contributed by atoms with Gasteiger partial charge in [-0.3, -0.25) is 4.99 Å². The molecule has 33 valence electrons. The first-order chi connectivity index (χ1) is 3.43. The molecule has 0 aliphatic carbocycles. The lowest BCUT2D eigenvalue weighted by Gasteiger charge is -1.63. The molecule has 0 unspecified atom stereocenters. The van der Waals surface area contributed by atoms with Crippen molar-refractivity contribution in [3.63, 3.8) is 0 Å². The Kier molecular flexibility index (Phi) is 0.886. The molecule has 1 radical (unpaired) electrons. The van der Waals surface area contributed by atoms with E-state index >= 15 is 0 Å². The van der Waals surface area contributed by atoms with Crippen LogP contribution in [-0.4, -0.2) is 12.2 Å². The molecule has 0 bridgehead atoms. The Morgan fingerprint density at radius 1 is 1.86 bits per heavy atom. The summed E-state index contributed by atoms with van der Waals surface area (Å²) in [4.78, 5) is 13.2. The molecule has 0 aromatic carbocycles. The van der Waals surface area contributed by atoms with E-state index in [1.807, 2.05) is 0 Å². The molecule has 0 aromatic heterocycles. The average Bonchev–Trinajstić information content (AvgIpc) is 2.14. The van der Waals surface area contributed by atoms with Crippen molar-refractivity contribution in [2.45, 2.75) is 0 Å². The van der Waals surface area contributed by atoms with Crippen molar-refractivity contribution in [2.24, 2.45) is 4.99 Å². The molecule has 1 aliphatic rings. The summed E-state index contributed by atoms with van der Waals surface area (Å²) < 4.78 is 0. The van der Waals surface area contributed by atoms with Gasteiger partial charge in [-0.15, -0.1) is 0 Å². The maximum absolute atomic E-state index is 9.67. The van der Waals surface area contributed by atoms with E-state index in [0.29, 0.717) is 5.57 Å². The highest BCUT2D eigenvalue weighted by atomic mass is 16.1. The minimum atomic E-state index is 0.389. The highest BCUT2D eigenvalue weighted by Crippen LogP contribution is 1.94. The van der Waals surface area contributed by atoms with Crippen LogP contribution in [0.25, 0.3) is 0 Å². The zero-order chi connectivity index (χ0) is 5.11. The molecule has 2 nitrogen and oxygen atoms in total. The van der Waals surface area contributed by atoms with E-state index < -0.39 is 0 Å². The monoisotopic (exact) mass is 92.0 g/mol. The van der Waals surface area contributed by atoms with E-state index in [4.69, 9.17) is 0 Å². The van der Waals surface area contributed by atoms with Gasteiger partial charge in [-0.2, -0.15) is 0 Å². The Bertz CT molecular complexity index is 159. The maximum atomic E-state index is 9.67. The molecule has 0 aromatic rings. The summed E-state index contributed by atoms with van der Waals surface area (Å²) in [6.07, 6.45) is 5.46. The van der Waals surface area contributed by atoms with Gasteiger partial charge in [0.1, 0.15) is 12.2 Å². The van der Waals surface area contributed by atoms with Gasteiger partial charge < -0.3 is 0 Å². The Balaban J connectivity index is 3.00. The summed E-state index contributed by atoms with van der Waals surface area (Å²) in [6, 6.07) is 0. The minimum absolute atomic E-state index is 0.389. The summed E-state index contributed by atoms with van der Waals surface area (Å²) >= 11 is 0. The fourth-order valence-corrected chi connectivity index (χ4v) is 0.313. The van der Waals surface area contributed by atoms with Crippen molar-refractivity contribution in [1.29, 1.82) is 0 Å². The summed E-state index contributed by atoms with van der Waals surface area (Å²) in [5, 5.41) is 0. The molecule has 7 heavy (non-hydrogen) atoms. The molecule has 0 amide bonds. The third-order valence-corrected chi connectivity index (χ3v) is 0.611. The molecule has 0 saturated heterocycles. The lowest BCUT2D eigenvalue weighted by molar-refractivity contribution is 0.568. The first kappa shape index (κ1) is 4.03. The molecule has 1 aliphatic heterocycles. The second kappa shape index (κ2) is 1.54. The third kappa shape index (κ3) is 0.643. The van der Waals surface area contributed by atoms with Crippen molar-refractivity contribution >= 4 is 12.2 Å². The largest absolute Gasteiger partial charge is 0.253 e. The lowest BCUT2D eigenvalue weighted by atomic mass is 10.4. The van der Waals surface area contributed by atoms with Crippen LogP contribution in [0.1, 0.15) is 0 Å². The van der Waals surface area contributed by atoms with Crippen LogP contribution in [0.5, 0.6) is 0 Å². The van der Waals surface area contributed by atoms with Crippen LogP contribution >= 0.6 is 0 Å². The van der Waals surface area contributed by atoms with Crippen LogP contribution in [-0.2, 0) is 4.79 Å². The first-order valence-corrected chi connectivity index (χ1v) is 1.81. The minimum Gasteiger partial charge on any atom is -0.253 e. The van der Waals surface area contributed by atoms with E-state index in [9.17, 15) is 4.79 Å². The second-order valence-corrected chi connectivity index (χ2v) is 1.07. The van der Waals surface area contributed by atoms with Crippen LogP contribution in [0.3, 0.4) is 0 Å². The smallest absolute Gasteiger partial charge is 0.134 e. The molecule has 0 spiro atoms. The zero-order valence-electron chi connectivity index (χ0n) is 3.51. The van der Waals surface area contributed by atoms with Crippen LogP contribution in [0.4, 0.5) is 0 Å². The number of nitrogens with zero attached hydrogens (tertiary/aromatic N) is 1. The number of carbonyl (C=O) groups excluding carboxylic acids is 1. The summed E-state index contributed by atoms with van der Waals surface area (Å²) in [5.74, 6) is 1.64. The summed E-state index contributed by atoms with van der Waals surface area (Å²) in [5.41, 5.74) is 0.389. The van der Waals surface area contributed by atoms with E-state index in [1.54, 1.807) is 12.0 Å². The van der Waals surface area contributed by atoms with Crippen LogP contribution in [0.15, 0.2) is 22.8 Å². The SMILES string of the molecule is O=C=C1[C]=NC=C1. The van der Waals surface area contributed by atoms with E-state index in [0.717, 1.165) is 0 Å². The molecular weight excluding hydrogens is 90.1 g/mol. The summed E-state index contributed by atoms with van der Waals surface area (Å²) in [7, 11) is 0. The predicted octanol–water partition coefficient (Wildman–Crippen LogP) is 0.219. The van der Waals surface area contributed by atoms with Crippen LogP contribution in [0, 0.1) is 0 Å². The van der Waals surface area contributed by atoms with Gasteiger partial charge in [-0.05, 0) is 6.08 Å². The predicted molar refractivity (Wildman–Crippen MR) is 25.8 cm³/mol. The maximum Gasteiger partial charge on any atom is 0.134 e. The van der Waals surface area contributed by atoms with Gasteiger partial charge in [0, 0.05) is 6.20 Å². The topological polar surface area (TPSA) is 29.4 Å². The van der Waals surface area contributed by atoms with Gasteiger partial charge >= 0.3 is 0 Å². The Morgan fingerprint density at radius 3 is 3.00 bits per heavy atom. The fraction of sp³-hybridized carbons (Fsp3) is 0. The van der Waals surface area contributed by atoms with Crippen molar-refractivity contribution in [2.75, 3.05) is 0 Å². The number of hydrogen-bond donors (Lipinski definition) is 0. The Hall–Kier alpha value is -1.14. The summed E-state index contributed by atoms with van der Waals surface area (Å²) in [6.45, 7) is 0. The highest BCUT2D eigenvalue weighted by molar-refractivity contribution is 5.94. The van der Waals surface area contributed by atoms with E-state index in [1.165, 1.54) is 6.20 Å². The number of aliphatic imine (C=N–C) groups is 1.